The van der Waals surface area contributed by atoms with Crippen LogP contribution in [0.1, 0.15) is 15.4 Å². The molecule has 6 nitrogen and oxygen atoms in total. The molecule has 3 aromatic heterocycles. The minimum Gasteiger partial charge on any atom is -0.397 e. The lowest BCUT2D eigenvalue weighted by Gasteiger charge is -2.01. The van der Waals surface area contributed by atoms with Crippen LogP contribution in [0.4, 0.5) is 5.69 Å². The number of thiophene rings is 1. The van der Waals surface area contributed by atoms with Crippen molar-refractivity contribution in [1.82, 2.24) is 15.5 Å². The van der Waals surface area contributed by atoms with Crippen molar-refractivity contribution in [2.24, 2.45) is 0 Å². The van der Waals surface area contributed by atoms with Crippen molar-refractivity contribution in [3.05, 3.63) is 41.2 Å². The second-order valence-electron chi connectivity index (χ2n) is 3.87. The third kappa shape index (κ3) is 2.15. The number of nitrogen functional groups attached to an aromatic ring is 1. The molecular formula is C12H10N4O2S. The molecule has 96 valence electrons. The van der Waals surface area contributed by atoms with E-state index in [1.807, 2.05) is 6.07 Å². The Morgan fingerprint density at radius 2 is 2.37 bits per heavy atom. The van der Waals surface area contributed by atoms with Crippen LogP contribution in [0.5, 0.6) is 0 Å². The lowest BCUT2D eigenvalue weighted by Crippen LogP contribution is -2.22. The van der Waals surface area contributed by atoms with Gasteiger partial charge in [-0.3, -0.25) is 4.79 Å². The zero-order chi connectivity index (χ0) is 13.2. The molecule has 3 rings (SSSR count). The second kappa shape index (κ2) is 4.69. The zero-order valence-electron chi connectivity index (χ0n) is 9.79. The number of hydrogen-bond acceptors (Lipinski definition) is 6. The van der Waals surface area contributed by atoms with Crippen LogP contribution in [0.2, 0.25) is 0 Å². The smallest absolute Gasteiger partial charge is 0.263 e. The molecule has 3 N–H and O–H groups in total. The maximum Gasteiger partial charge on any atom is 0.263 e. The summed E-state index contributed by atoms with van der Waals surface area (Å²) in [7, 11) is 0. The van der Waals surface area contributed by atoms with E-state index in [9.17, 15) is 4.79 Å². The van der Waals surface area contributed by atoms with E-state index in [1.54, 1.807) is 18.3 Å². The Kier molecular flexibility index (Phi) is 2.88. The number of anilines is 1. The summed E-state index contributed by atoms with van der Waals surface area (Å²) < 4.78 is 4.69. The van der Waals surface area contributed by atoms with Crippen molar-refractivity contribution in [2.75, 3.05) is 5.73 Å². The van der Waals surface area contributed by atoms with Crippen LogP contribution in [0.25, 0.3) is 10.2 Å². The van der Waals surface area contributed by atoms with E-state index in [0.29, 0.717) is 22.8 Å². The quantitative estimate of drug-likeness (QED) is 0.759. The lowest BCUT2D eigenvalue weighted by atomic mass is 10.2. The molecule has 0 aromatic carbocycles. The summed E-state index contributed by atoms with van der Waals surface area (Å²) in [5.74, 6) is -0.233. The van der Waals surface area contributed by atoms with Gasteiger partial charge in [0.2, 0.25) is 0 Å². The highest BCUT2D eigenvalue weighted by atomic mass is 32.1. The fourth-order valence-electron chi connectivity index (χ4n) is 1.70. The summed E-state index contributed by atoms with van der Waals surface area (Å²) in [5.41, 5.74) is 7.09. The number of pyridine rings is 1. The van der Waals surface area contributed by atoms with E-state index in [1.165, 1.54) is 17.6 Å². The Labute approximate surface area is 112 Å². The van der Waals surface area contributed by atoms with Gasteiger partial charge in [0.05, 0.1) is 12.2 Å². The van der Waals surface area contributed by atoms with Crippen molar-refractivity contribution >= 4 is 33.1 Å². The minimum absolute atomic E-state index is 0.233. The molecule has 7 heteroatoms. The van der Waals surface area contributed by atoms with Crippen LogP contribution in [-0.4, -0.2) is 16.0 Å². The van der Waals surface area contributed by atoms with Crippen molar-refractivity contribution < 1.29 is 9.32 Å². The fraction of sp³-hybridized carbons (Fsp3) is 0.0833. The zero-order valence-corrected chi connectivity index (χ0v) is 10.6. The van der Waals surface area contributed by atoms with Gasteiger partial charge in [0, 0.05) is 17.6 Å². The minimum atomic E-state index is -0.233. The van der Waals surface area contributed by atoms with Gasteiger partial charge in [-0.25, -0.2) is 4.98 Å². The molecule has 0 fully saturated rings. The SMILES string of the molecule is Nc1c(C(=O)NCc2ccon2)sc2ncccc12. The largest absolute Gasteiger partial charge is 0.397 e. The number of carbonyl (C=O) groups excluding carboxylic acids is 1. The molecule has 0 unspecified atom stereocenters. The first-order valence-electron chi connectivity index (χ1n) is 5.56. The van der Waals surface area contributed by atoms with Gasteiger partial charge < -0.3 is 15.6 Å². The van der Waals surface area contributed by atoms with Crippen molar-refractivity contribution in [3.63, 3.8) is 0 Å². The molecule has 0 spiro atoms. The van der Waals surface area contributed by atoms with E-state index in [4.69, 9.17) is 10.3 Å². The number of nitrogens with one attached hydrogen (secondary N) is 1. The van der Waals surface area contributed by atoms with Crippen molar-refractivity contribution in [3.8, 4) is 0 Å². The van der Waals surface area contributed by atoms with Gasteiger partial charge in [0.25, 0.3) is 5.91 Å². The fourth-order valence-corrected chi connectivity index (χ4v) is 2.68. The molecule has 0 aliphatic heterocycles. The normalized spacial score (nSPS) is 10.7. The summed E-state index contributed by atoms with van der Waals surface area (Å²) in [6, 6.07) is 5.33. The molecule has 1 amide bonds. The van der Waals surface area contributed by atoms with Crippen LogP contribution in [0, 0.1) is 0 Å². The number of hydrogen-bond donors (Lipinski definition) is 2. The Balaban J connectivity index is 1.83. The number of fused-ring (bicyclic) bond motifs is 1. The number of nitrogens with two attached hydrogens (primary N) is 1. The van der Waals surface area contributed by atoms with Crippen molar-refractivity contribution in [2.45, 2.75) is 6.54 Å². The predicted octanol–water partition coefficient (Wildman–Crippen LogP) is 1.80. The molecule has 0 atom stereocenters. The Hall–Kier alpha value is -2.41. The maximum absolute atomic E-state index is 12.1. The van der Waals surface area contributed by atoms with Gasteiger partial charge >= 0.3 is 0 Å². The highest BCUT2D eigenvalue weighted by Crippen LogP contribution is 2.31. The summed E-state index contributed by atoms with van der Waals surface area (Å²) >= 11 is 1.28. The second-order valence-corrected chi connectivity index (χ2v) is 4.87. The average molecular weight is 274 g/mol. The highest BCUT2D eigenvalue weighted by molar-refractivity contribution is 7.21. The number of rotatable bonds is 3. The van der Waals surface area contributed by atoms with Crippen LogP contribution in [0.15, 0.2) is 35.2 Å². The van der Waals surface area contributed by atoms with Crippen LogP contribution in [-0.2, 0) is 6.54 Å². The summed E-state index contributed by atoms with van der Waals surface area (Å²) in [6.07, 6.45) is 3.13. The van der Waals surface area contributed by atoms with Gasteiger partial charge in [-0.05, 0) is 12.1 Å². The molecule has 3 heterocycles. The molecular weight excluding hydrogens is 264 g/mol. The summed E-state index contributed by atoms with van der Waals surface area (Å²) in [4.78, 5) is 17.5. The van der Waals surface area contributed by atoms with Crippen LogP contribution < -0.4 is 11.1 Å². The van der Waals surface area contributed by atoms with Gasteiger partial charge in [0.1, 0.15) is 21.7 Å². The van der Waals surface area contributed by atoms with Gasteiger partial charge in [-0.1, -0.05) is 5.16 Å². The van der Waals surface area contributed by atoms with E-state index in [2.05, 4.69) is 15.5 Å². The number of nitrogens with zero attached hydrogens (tertiary/aromatic N) is 2. The first-order valence-corrected chi connectivity index (χ1v) is 6.38. The average Bonchev–Trinajstić information content (AvgIpc) is 3.05. The van der Waals surface area contributed by atoms with Gasteiger partial charge in [-0.2, -0.15) is 0 Å². The number of carbonyl (C=O) groups is 1. The lowest BCUT2D eigenvalue weighted by molar-refractivity contribution is 0.0955. The molecule has 19 heavy (non-hydrogen) atoms. The molecule has 0 saturated heterocycles. The summed E-state index contributed by atoms with van der Waals surface area (Å²) in [5, 5.41) is 7.27. The topological polar surface area (TPSA) is 94.0 Å². The van der Waals surface area contributed by atoms with Gasteiger partial charge in [-0.15, -0.1) is 11.3 Å². The Bertz CT molecular complexity index is 720. The first kappa shape index (κ1) is 11.7. The first-order chi connectivity index (χ1) is 9.25. The number of amides is 1. The van der Waals surface area contributed by atoms with Crippen LogP contribution in [0.3, 0.4) is 0 Å². The maximum atomic E-state index is 12.1. The molecule has 0 saturated carbocycles. The number of aromatic nitrogens is 2. The monoisotopic (exact) mass is 274 g/mol. The molecule has 0 aliphatic rings. The van der Waals surface area contributed by atoms with E-state index in [-0.39, 0.29) is 5.91 Å². The van der Waals surface area contributed by atoms with E-state index in [0.717, 1.165) is 10.2 Å². The highest BCUT2D eigenvalue weighted by Gasteiger charge is 2.16. The van der Waals surface area contributed by atoms with E-state index < -0.39 is 0 Å². The molecule has 3 aromatic rings. The van der Waals surface area contributed by atoms with Gasteiger partial charge in [0.15, 0.2) is 0 Å². The predicted molar refractivity (Wildman–Crippen MR) is 71.7 cm³/mol. The van der Waals surface area contributed by atoms with Crippen molar-refractivity contribution in [1.29, 1.82) is 0 Å². The Morgan fingerprint density at radius 3 is 3.11 bits per heavy atom. The molecule has 0 radical (unpaired) electrons. The standard InChI is InChI=1S/C12H10N4O2S/c13-9-8-2-1-4-14-12(8)19-10(9)11(17)15-6-7-3-5-18-16-7/h1-5H,6,13H2,(H,15,17). The summed E-state index contributed by atoms with van der Waals surface area (Å²) in [6.45, 7) is 0.302. The molecule has 0 bridgehead atoms. The van der Waals surface area contributed by atoms with Crippen LogP contribution >= 0.6 is 11.3 Å². The third-order valence-electron chi connectivity index (χ3n) is 2.63. The third-order valence-corrected chi connectivity index (χ3v) is 3.76. The molecule has 0 aliphatic carbocycles. The Morgan fingerprint density at radius 1 is 1.47 bits per heavy atom. The van der Waals surface area contributed by atoms with E-state index >= 15 is 0 Å².